The summed E-state index contributed by atoms with van der Waals surface area (Å²) in [6.07, 6.45) is 0.928. The summed E-state index contributed by atoms with van der Waals surface area (Å²) in [4.78, 5) is 23.9. The second-order valence-corrected chi connectivity index (χ2v) is 7.29. The van der Waals surface area contributed by atoms with Crippen LogP contribution >= 0.6 is 23.4 Å². The van der Waals surface area contributed by atoms with Gasteiger partial charge in [0.25, 0.3) is 5.91 Å². The normalized spacial score (nSPS) is 14.3. The average Bonchev–Trinajstić information content (AvgIpc) is 2.52. The van der Waals surface area contributed by atoms with E-state index in [4.69, 9.17) is 11.6 Å². The minimum Gasteiger partial charge on any atom is -0.322 e. The van der Waals surface area contributed by atoms with E-state index in [1.54, 1.807) is 6.07 Å². The van der Waals surface area contributed by atoms with Crippen LogP contribution in [0, 0.1) is 17.5 Å². The number of hydrogen-bond donors (Lipinski definition) is 1. The maximum Gasteiger partial charge on any atom is 0.255 e. The maximum atomic E-state index is 13.2. The van der Waals surface area contributed by atoms with E-state index in [-0.39, 0.29) is 22.3 Å². The van der Waals surface area contributed by atoms with Crippen LogP contribution in [0.1, 0.15) is 23.2 Å². The number of anilines is 1. The van der Waals surface area contributed by atoms with Crippen molar-refractivity contribution in [2.45, 2.75) is 23.0 Å². The van der Waals surface area contributed by atoms with Crippen molar-refractivity contribution in [3.05, 3.63) is 58.4 Å². The van der Waals surface area contributed by atoms with E-state index >= 15 is 0 Å². The molecule has 0 aliphatic heterocycles. The standard InChI is InChI=1S/C17H11ClF3NO2S/c18-12-2-1-8(3-15(12)25-11-6-10(23)7-11)17(24)22-9-4-13(19)16(21)14(20)5-9/h1-5,11H,6-7H2,(H,22,24). The highest BCUT2D eigenvalue weighted by Gasteiger charge is 2.28. The molecule has 0 aromatic heterocycles. The van der Waals surface area contributed by atoms with Gasteiger partial charge in [-0.25, -0.2) is 13.2 Å². The molecule has 1 aliphatic rings. The zero-order valence-corrected chi connectivity index (χ0v) is 14.2. The maximum absolute atomic E-state index is 13.2. The second kappa shape index (κ2) is 7.09. The molecule has 1 fully saturated rings. The topological polar surface area (TPSA) is 46.2 Å². The summed E-state index contributed by atoms with van der Waals surface area (Å²) in [5.41, 5.74) is 0.0258. The molecule has 0 bridgehead atoms. The predicted octanol–water partition coefficient (Wildman–Crippen LogP) is 4.83. The number of thioether (sulfide) groups is 1. The first-order valence-corrected chi connectivity index (χ1v) is 8.53. The minimum atomic E-state index is -1.60. The van der Waals surface area contributed by atoms with Gasteiger partial charge in [-0.05, 0) is 18.2 Å². The molecule has 2 aromatic carbocycles. The van der Waals surface area contributed by atoms with Gasteiger partial charge in [-0.15, -0.1) is 11.8 Å². The molecule has 0 unspecified atom stereocenters. The van der Waals surface area contributed by atoms with Crippen molar-refractivity contribution >= 4 is 40.7 Å². The van der Waals surface area contributed by atoms with Gasteiger partial charge in [0, 0.05) is 46.4 Å². The molecule has 1 saturated carbocycles. The van der Waals surface area contributed by atoms with Crippen molar-refractivity contribution in [2.24, 2.45) is 0 Å². The molecule has 3 nitrogen and oxygen atoms in total. The van der Waals surface area contributed by atoms with Gasteiger partial charge in [0.15, 0.2) is 17.5 Å². The predicted molar refractivity (Wildman–Crippen MR) is 89.6 cm³/mol. The number of amides is 1. The zero-order chi connectivity index (χ0) is 18.1. The lowest BCUT2D eigenvalue weighted by Crippen LogP contribution is -2.25. The molecule has 3 rings (SSSR count). The highest BCUT2D eigenvalue weighted by atomic mass is 35.5. The quantitative estimate of drug-likeness (QED) is 0.766. The summed E-state index contributed by atoms with van der Waals surface area (Å²) in [6.45, 7) is 0. The Morgan fingerprint density at radius 3 is 2.36 bits per heavy atom. The van der Waals surface area contributed by atoms with Gasteiger partial charge in [0.05, 0.1) is 5.02 Å². The minimum absolute atomic E-state index is 0.128. The lowest BCUT2D eigenvalue weighted by atomic mass is 9.98. The molecule has 1 amide bonds. The fourth-order valence-electron chi connectivity index (χ4n) is 2.28. The van der Waals surface area contributed by atoms with Crippen LogP contribution in [-0.2, 0) is 4.79 Å². The fraction of sp³-hybridized carbons (Fsp3) is 0.176. The van der Waals surface area contributed by atoms with Crippen molar-refractivity contribution in [2.75, 3.05) is 5.32 Å². The Balaban J connectivity index is 1.77. The van der Waals surface area contributed by atoms with Crippen LogP contribution in [0.2, 0.25) is 5.02 Å². The first-order chi connectivity index (χ1) is 11.8. The zero-order valence-electron chi connectivity index (χ0n) is 12.6. The van der Waals surface area contributed by atoms with Gasteiger partial charge in [-0.2, -0.15) is 0 Å². The molecule has 25 heavy (non-hydrogen) atoms. The number of ketones is 1. The van der Waals surface area contributed by atoms with Crippen molar-refractivity contribution in [1.29, 1.82) is 0 Å². The Kier molecular flexibility index (Phi) is 5.06. The fourth-order valence-corrected chi connectivity index (χ4v) is 3.80. The summed E-state index contributed by atoms with van der Waals surface area (Å²) in [5.74, 6) is -4.82. The Morgan fingerprint density at radius 1 is 1.12 bits per heavy atom. The number of Topliss-reactive ketones (excluding diaryl/α,β-unsaturated/α-hetero) is 1. The highest BCUT2D eigenvalue weighted by molar-refractivity contribution is 8.00. The van der Waals surface area contributed by atoms with Crippen LogP contribution in [0.5, 0.6) is 0 Å². The van der Waals surface area contributed by atoms with Crippen molar-refractivity contribution < 1.29 is 22.8 Å². The van der Waals surface area contributed by atoms with Crippen molar-refractivity contribution in [3.63, 3.8) is 0 Å². The van der Waals surface area contributed by atoms with Gasteiger partial charge < -0.3 is 5.32 Å². The number of rotatable bonds is 4. The monoisotopic (exact) mass is 385 g/mol. The van der Waals surface area contributed by atoms with E-state index in [1.807, 2.05) is 0 Å². The van der Waals surface area contributed by atoms with Gasteiger partial charge in [0.1, 0.15) is 5.78 Å². The molecular weight excluding hydrogens is 375 g/mol. The Bertz CT molecular complexity index is 844. The molecule has 8 heteroatoms. The molecule has 130 valence electrons. The van der Waals surface area contributed by atoms with Crippen LogP contribution in [0.4, 0.5) is 18.9 Å². The molecule has 0 atom stereocenters. The molecule has 1 N–H and O–H groups in total. The summed E-state index contributed by atoms with van der Waals surface area (Å²) in [5, 5.41) is 2.88. The summed E-state index contributed by atoms with van der Waals surface area (Å²) < 4.78 is 39.4. The Hall–Kier alpha value is -1.99. The van der Waals surface area contributed by atoms with E-state index in [0.717, 1.165) is 0 Å². The van der Waals surface area contributed by atoms with Crippen molar-refractivity contribution in [1.82, 2.24) is 0 Å². The number of benzene rings is 2. The number of halogens is 4. The van der Waals surface area contributed by atoms with Gasteiger partial charge in [-0.1, -0.05) is 11.6 Å². The molecule has 1 aliphatic carbocycles. The number of hydrogen-bond acceptors (Lipinski definition) is 3. The summed E-state index contributed by atoms with van der Waals surface area (Å²) >= 11 is 7.51. The first kappa shape index (κ1) is 17.8. The third-order valence-electron chi connectivity index (χ3n) is 3.64. The number of carbonyl (C=O) groups excluding carboxylic acids is 2. The van der Waals surface area contributed by atoms with Crippen molar-refractivity contribution in [3.8, 4) is 0 Å². The molecule has 2 aromatic rings. The van der Waals surface area contributed by atoms with E-state index in [0.29, 0.717) is 34.9 Å². The van der Waals surface area contributed by atoms with Gasteiger partial charge in [0.2, 0.25) is 0 Å². The summed E-state index contributed by atoms with van der Waals surface area (Å²) in [7, 11) is 0. The Labute approximate surface area is 150 Å². The lowest BCUT2D eigenvalue weighted by Gasteiger charge is -2.23. The van der Waals surface area contributed by atoms with Crippen LogP contribution in [0.15, 0.2) is 35.2 Å². The number of nitrogens with one attached hydrogen (secondary N) is 1. The third kappa shape index (κ3) is 3.99. The molecule has 0 radical (unpaired) electrons. The van der Waals surface area contributed by atoms with E-state index in [2.05, 4.69) is 5.32 Å². The second-order valence-electron chi connectivity index (χ2n) is 5.54. The largest absolute Gasteiger partial charge is 0.322 e. The van der Waals surface area contributed by atoms with Crippen LogP contribution in [-0.4, -0.2) is 16.9 Å². The van der Waals surface area contributed by atoms with Gasteiger partial charge in [-0.3, -0.25) is 9.59 Å². The molecule has 0 heterocycles. The smallest absolute Gasteiger partial charge is 0.255 e. The van der Waals surface area contributed by atoms with Crippen LogP contribution in [0.3, 0.4) is 0 Å². The van der Waals surface area contributed by atoms with E-state index < -0.39 is 23.4 Å². The molecular formula is C17H11ClF3NO2S. The van der Waals surface area contributed by atoms with E-state index in [9.17, 15) is 22.8 Å². The highest BCUT2D eigenvalue weighted by Crippen LogP contribution is 2.38. The summed E-state index contributed by atoms with van der Waals surface area (Å²) in [6, 6.07) is 5.93. The lowest BCUT2D eigenvalue weighted by molar-refractivity contribution is -0.123. The van der Waals surface area contributed by atoms with E-state index in [1.165, 1.54) is 23.9 Å². The average molecular weight is 386 g/mol. The van der Waals surface area contributed by atoms with Crippen LogP contribution in [0.25, 0.3) is 0 Å². The van der Waals surface area contributed by atoms with Gasteiger partial charge >= 0.3 is 0 Å². The SMILES string of the molecule is O=C1CC(Sc2cc(C(=O)Nc3cc(F)c(F)c(F)c3)ccc2Cl)C1. The first-order valence-electron chi connectivity index (χ1n) is 7.27. The number of carbonyl (C=O) groups is 2. The van der Waals surface area contributed by atoms with Crippen LogP contribution < -0.4 is 5.32 Å². The molecule has 0 saturated heterocycles. The third-order valence-corrected chi connectivity index (χ3v) is 5.34. The molecule has 0 spiro atoms. The Morgan fingerprint density at radius 2 is 1.76 bits per heavy atom.